The third kappa shape index (κ3) is 2.49. The largest absolute Gasteiger partial charge is 0.464 e. The Kier molecular flexibility index (Phi) is 3.90. The number of ether oxygens (including phenoxy) is 2. The van der Waals surface area contributed by atoms with Crippen LogP contribution in [0.3, 0.4) is 0 Å². The van der Waals surface area contributed by atoms with Crippen molar-refractivity contribution in [2.24, 2.45) is 4.99 Å². The molecule has 0 aliphatic carbocycles. The molecule has 1 aliphatic rings. The summed E-state index contributed by atoms with van der Waals surface area (Å²) in [6.07, 6.45) is 1.71. The number of rotatable bonds is 3. The first kappa shape index (κ1) is 13.6. The zero-order chi connectivity index (χ0) is 13.9. The highest BCUT2D eigenvalue weighted by Gasteiger charge is 2.46. The van der Waals surface area contributed by atoms with E-state index in [4.69, 9.17) is 21.1 Å². The van der Waals surface area contributed by atoms with E-state index in [1.165, 1.54) is 7.11 Å². The van der Waals surface area contributed by atoms with E-state index < -0.39 is 11.7 Å². The molecule has 2 rings (SSSR count). The van der Waals surface area contributed by atoms with E-state index in [1.807, 2.05) is 18.2 Å². The van der Waals surface area contributed by atoms with Crippen LogP contribution in [0.15, 0.2) is 47.2 Å². The molecule has 19 heavy (non-hydrogen) atoms. The van der Waals surface area contributed by atoms with E-state index in [9.17, 15) is 4.79 Å². The molecule has 1 unspecified atom stereocenters. The van der Waals surface area contributed by atoms with Gasteiger partial charge in [-0.05, 0) is 13.0 Å². The molecule has 1 atom stereocenters. The molecule has 1 heterocycles. The fraction of sp³-hybridized carbons (Fsp3) is 0.286. The molecule has 0 saturated heterocycles. The van der Waals surface area contributed by atoms with Gasteiger partial charge in [0, 0.05) is 5.56 Å². The highest BCUT2D eigenvalue weighted by atomic mass is 35.5. The lowest BCUT2D eigenvalue weighted by Gasteiger charge is -2.31. The predicted molar refractivity (Wildman–Crippen MR) is 73.1 cm³/mol. The lowest BCUT2D eigenvalue weighted by atomic mass is 10.0. The number of hydrogen-bond acceptors (Lipinski definition) is 4. The van der Waals surface area contributed by atoms with E-state index >= 15 is 0 Å². The first-order valence-electron chi connectivity index (χ1n) is 5.78. The average Bonchev–Trinajstić information content (AvgIpc) is 2.46. The molecule has 100 valence electrons. The summed E-state index contributed by atoms with van der Waals surface area (Å²) in [5, 5.41) is 0. The topological polar surface area (TPSA) is 47.9 Å². The fourth-order valence-corrected chi connectivity index (χ4v) is 2.09. The zero-order valence-corrected chi connectivity index (χ0v) is 11.5. The summed E-state index contributed by atoms with van der Waals surface area (Å²) < 4.78 is 10.5. The number of benzene rings is 1. The van der Waals surface area contributed by atoms with Crippen molar-refractivity contribution in [3.63, 3.8) is 0 Å². The Hall–Kier alpha value is -1.81. The summed E-state index contributed by atoms with van der Waals surface area (Å²) >= 11 is 5.83. The summed E-state index contributed by atoms with van der Waals surface area (Å²) in [6.45, 7) is 1.75. The van der Waals surface area contributed by atoms with Crippen LogP contribution >= 0.6 is 11.6 Å². The van der Waals surface area contributed by atoms with E-state index in [0.717, 1.165) is 0 Å². The maximum Gasteiger partial charge on any atom is 0.379 e. The van der Waals surface area contributed by atoms with Gasteiger partial charge in [0.1, 0.15) is 0 Å². The molecular weight excluding hydrogens is 266 g/mol. The summed E-state index contributed by atoms with van der Waals surface area (Å²) in [5.41, 5.74) is -0.310. The Balaban J connectivity index is 2.58. The molecule has 0 spiro atoms. The van der Waals surface area contributed by atoms with Crippen molar-refractivity contribution in [3.05, 3.63) is 47.7 Å². The lowest BCUT2D eigenvalue weighted by Crippen LogP contribution is -2.40. The second-order valence-corrected chi connectivity index (χ2v) is 4.36. The van der Waals surface area contributed by atoms with Crippen molar-refractivity contribution in [2.75, 3.05) is 13.0 Å². The molecule has 0 radical (unpaired) electrons. The van der Waals surface area contributed by atoms with Crippen molar-refractivity contribution in [2.45, 2.75) is 12.6 Å². The van der Waals surface area contributed by atoms with Crippen LogP contribution in [0.2, 0.25) is 0 Å². The maximum absolute atomic E-state index is 12.2. The van der Waals surface area contributed by atoms with E-state index in [2.05, 4.69) is 4.99 Å². The Labute approximate surface area is 116 Å². The van der Waals surface area contributed by atoms with Crippen molar-refractivity contribution < 1.29 is 14.3 Å². The Morgan fingerprint density at radius 3 is 2.68 bits per heavy atom. The number of hydrogen-bond donors (Lipinski definition) is 0. The summed E-state index contributed by atoms with van der Waals surface area (Å²) in [6, 6.07) is 9.02. The molecule has 0 saturated carbocycles. The minimum atomic E-state index is -1.50. The number of methoxy groups -OCH3 is 1. The van der Waals surface area contributed by atoms with Crippen molar-refractivity contribution >= 4 is 23.3 Å². The number of esters is 1. The highest BCUT2D eigenvalue weighted by Crippen LogP contribution is 2.34. The van der Waals surface area contributed by atoms with Gasteiger partial charge in [0.2, 0.25) is 0 Å². The molecule has 1 aromatic carbocycles. The third-order valence-electron chi connectivity index (χ3n) is 2.74. The monoisotopic (exact) mass is 279 g/mol. The van der Waals surface area contributed by atoms with Gasteiger partial charge in [-0.25, -0.2) is 9.79 Å². The lowest BCUT2D eigenvalue weighted by molar-refractivity contribution is -0.165. The SMILES string of the molecule is COC(=O)C1(c2ccccc2)N=C(CCl)C=C(C)O1. The van der Waals surface area contributed by atoms with Crippen molar-refractivity contribution in [3.8, 4) is 0 Å². The van der Waals surface area contributed by atoms with Gasteiger partial charge in [-0.1, -0.05) is 30.3 Å². The van der Waals surface area contributed by atoms with Gasteiger partial charge in [-0.3, -0.25) is 0 Å². The first-order chi connectivity index (χ1) is 9.12. The predicted octanol–water partition coefficient (Wildman–Crippen LogP) is 2.63. The van der Waals surface area contributed by atoms with Crippen LogP contribution in [0.5, 0.6) is 0 Å². The number of alkyl halides is 1. The van der Waals surface area contributed by atoms with Gasteiger partial charge in [0.05, 0.1) is 24.5 Å². The van der Waals surface area contributed by atoms with Crippen molar-refractivity contribution in [1.82, 2.24) is 0 Å². The minimum absolute atomic E-state index is 0.201. The molecule has 0 bridgehead atoms. The second kappa shape index (κ2) is 5.45. The molecule has 4 nitrogen and oxygen atoms in total. The van der Waals surface area contributed by atoms with Crippen LogP contribution in [0.25, 0.3) is 0 Å². The van der Waals surface area contributed by atoms with Gasteiger partial charge in [0.25, 0.3) is 0 Å². The summed E-state index contributed by atoms with van der Waals surface area (Å²) in [4.78, 5) is 16.5. The molecule has 0 fully saturated rings. The van der Waals surface area contributed by atoms with Crippen molar-refractivity contribution in [1.29, 1.82) is 0 Å². The van der Waals surface area contributed by atoms with Gasteiger partial charge in [-0.2, -0.15) is 0 Å². The number of aliphatic imine (C=N–C) groups is 1. The zero-order valence-electron chi connectivity index (χ0n) is 10.7. The summed E-state index contributed by atoms with van der Waals surface area (Å²) in [5.74, 6) is 0.195. The highest BCUT2D eigenvalue weighted by molar-refractivity contribution is 6.30. The maximum atomic E-state index is 12.2. The van der Waals surface area contributed by atoms with Crippen LogP contribution in [0.4, 0.5) is 0 Å². The molecule has 1 aliphatic heterocycles. The van der Waals surface area contributed by atoms with Crippen LogP contribution in [0, 0.1) is 0 Å². The standard InChI is InChI=1S/C14H14ClNO3/c1-10-8-12(9-15)16-14(19-10,13(17)18-2)11-6-4-3-5-7-11/h3-8H,9H2,1-2H3. The number of allylic oxidation sites excluding steroid dienone is 2. The second-order valence-electron chi connectivity index (χ2n) is 4.10. The van der Waals surface area contributed by atoms with E-state index in [0.29, 0.717) is 17.0 Å². The Morgan fingerprint density at radius 1 is 1.42 bits per heavy atom. The number of halogens is 1. The number of nitrogens with zero attached hydrogens (tertiary/aromatic N) is 1. The van der Waals surface area contributed by atoms with Crippen LogP contribution < -0.4 is 0 Å². The van der Waals surface area contributed by atoms with Gasteiger partial charge >= 0.3 is 11.7 Å². The van der Waals surface area contributed by atoms with Gasteiger partial charge < -0.3 is 9.47 Å². The van der Waals surface area contributed by atoms with Gasteiger partial charge in [-0.15, -0.1) is 11.6 Å². The molecule has 5 heteroatoms. The van der Waals surface area contributed by atoms with Gasteiger partial charge in [0.15, 0.2) is 0 Å². The molecule has 0 N–H and O–H groups in total. The van der Waals surface area contributed by atoms with E-state index in [1.54, 1.807) is 25.1 Å². The van der Waals surface area contributed by atoms with E-state index in [-0.39, 0.29) is 5.88 Å². The Bertz CT molecular complexity index is 539. The first-order valence-corrected chi connectivity index (χ1v) is 6.32. The smallest absolute Gasteiger partial charge is 0.379 e. The van der Waals surface area contributed by atoms with Crippen LogP contribution in [-0.4, -0.2) is 24.7 Å². The quantitative estimate of drug-likeness (QED) is 0.631. The van der Waals surface area contributed by atoms with Crippen LogP contribution in [0.1, 0.15) is 12.5 Å². The molecule has 0 amide bonds. The fourth-order valence-electron chi connectivity index (χ4n) is 1.95. The number of carbonyl (C=O) groups excluding carboxylic acids is 1. The van der Waals surface area contributed by atoms with Crippen LogP contribution in [-0.2, 0) is 20.0 Å². The summed E-state index contributed by atoms with van der Waals surface area (Å²) in [7, 11) is 1.31. The minimum Gasteiger partial charge on any atom is -0.464 e. The molecule has 0 aromatic heterocycles. The normalized spacial score (nSPS) is 22.1. The molecular formula is C14H14ClNO3. The number of carbonyl (C=O) groups is 1. The Morgan fingerprint density at radius 2 is 2.11 bits per heavy atom. The third-order valence-corrected chi connectivity index (χ3v) is 3.02. The molecule has 1 aromatic rings. The average molecular weight is 280 g/mol.